The summed E-state index contributed by atoms with van der Waals surface area (Å²) >= 11 is 0. The number of hydrogen-bond donors (Lipinski definition) is 2. The van der Waals surface area contributed by atoms with E-state index in [1.54, 1.807) is 4.68 Å². The molecule has 1 unspecified atom stereocenters. The summed E-state index contributed by atoms with van der Waals surface area (Å²) in [5.74, 6) is 7.05. The highest BCUT2D eigenvalue weighted by Crippen LogP contribution is 2.53. The number of imidazole rings is 1. The van der Waals surface area contributed by atoms with Crippen LogP contribution in [0.3, 0.4) is 0 Å². The second-order valence-electron chi connectivity index (χ2n) is 6.53. The fourth-order valence-corrected chi connectivity index (χ4v) is 3.89. The lowest BCUT2D eigenvalue weighted by atomic mass is 9.74. The van der Waals surface area contributed by atoms with E-state index in [1.165, 1.54) is 7.05 Å². The van der Waals surface area contributed by atoms with Gasteiger partial charge in [-0.1, -0.05) is 73.4 Å². The van der Waals surface area contributed by atoms with E-state index in [-0.39, 0.29) is 12.8 Å². The molecule has 0 amide bonds. The molecule has 1 aromatic heterocycles. The molecule has 4 N–H and O–H groups in total. The van der Waals surface area contributed by atoms with Crippen LogP contribution in [-0.2, 0) is 6.54 Å². The molecule has 5 nitrogen and oxygen atoms in total. The van der Waals surface area contributed by atoms with E-state index < -0.39 is 0 Å². The van der Waals surface area contributed by atoms with E-state index in [2.05, 4.69) is 62.4 Å². The Bertz CT molecular complexity index is 849. The quantitative estimate of drug-likeness (QED) is 0.428. The minimum absolute atomic E-state index is 0. The lowest BCUT2D eigenvalue weighted by molar-refractivity contribution is 0.331. The van der Waals surface area contributed by atoms with E-state index in [1.807, 2.05) is 38.1 Å². The molecule has 1 atom stereocenters. The van der Waals surface area contributed by atoms with Crippen molar-refractivity contribution >= 4 is 11.0 Å². The maximum Gasteiger partial charge on any atom is 0.148 e. The number of nitrogens with zero attached hydrogens (tertiary/aromatic N) is 3. The third-order valence-electron chi connectivity index (χ3n) is 5.38. The Morgan fingerprint density at radius 3 is 2.06 bits per heavy atom. The van der Waals surface area contributed by atoms with Crippen LogP contribution in [0.1, 0.15) is 60.2 Å². The lowest BCUT2D eigenvalue weighted by Gasteiger charge is -2.30. The van der Waals surface area contributed by atoms with Gasteiger partial charge in [0.05, 0.1) is 17.6 Å². The molecule has 0 aliphatic carbocycles. The van der Waals surface area contributed by atoms with Crippen LogP contribution in [0.5, 0.6) is 0 Å². The Balaban J connectivity index is 0. The Hall–Kier alpha value is -2.79. The zero-order valence-electron chi connectivity index (χ0n) is 19.7. The highest BCUT2D eigenvalue weighted by molar-refractivity contribution is 5.75. The van der Waals surface area contributed by atoms with Crippen molar-refractivity contribution in [2.45, 2.75) is 60.9 Å². The summed E-state index contributed by atoms with van der Waals surface area (Å²) in [6.45, 7) is 27.9. The summed E-state index contributed by atoms with van der Waals surface area (Å²) in [6, 6.07) is 7.89. The summed E-state index contributed by atoms with van der Waals surface area (Å²) in [6.07, 6.45) is 3.10. The van der Waals surface area contributed by atoms with Gasteiger partial charge < -0.3 is 16.5 Å². The van der Waals surface area contributed by atoms with Gasteiger partial charge in [-0.25, -0.2) is 9.66 Å². The summed E-state index contributed by atoms with van der Waals surface area (Å²) in [7, 11) is 1.50. The molecule has 0 radical (unpaired) electrons. The van der Waals surface area contributed by atoms with Gasteiger partial charge in [-0.3, -0.25) is 0 Å². The SMILES string of the molecule is C.C=C.C=C1C(=C)C(CC)(CCC)C(=C)N1Cc1nc2ccccc2n1N.CC.CN. The van der Waals surface area contributed by atoms with Gasteiger partial charge >= 0.3 is 0 Å². The normalized spacial score (nSPS) is 17.0. The van der Waals surface area contributed by atoms with Crippen molar-refractivity contribution in [1.29, 1.82) is 0 Å². The maximum atomic E-state index is 6.25. The van der Waals surface area contributed by atoms with Crippen molar-refractivity contribution in [3.05, 3.63) is 80.0 Å². The smallest absolute Gasteiger partial charge is 0.148 e. The molecule has 1 aliphatic heterocycles. The topological polar surface area (TPSA) is 73.1 Å². The second kappa shape index (κ2) is 14.3. The van der Waals surface area contributed by atoms with E-state index in [0.717, 1.165) is 53.1 Å². The number of rotatable bonds is 5. The lowest BCUT2D eigenvalue weighted by Crippen LogP contribution is -2.25. The summed E-state index contributed by atoms with van der Waals surface area (Å²) < 4.78 is 1.66. The third-order valence-corrected chi connectivity index (χ3v) is 5.38. The standard InChI is InChI=1S/C20H26N4.C2H6.C2H4.CH5N.CH4/c1-6-12-20(7-2)14(3)15(4)23(16(20)5)13-19-22-17-10-8-9-11-18(17)24(19)21;3*1-2;/h8-11H,3-7,12-13,21H2,1-2H3;1-2H3;1-2H2;2H2,1H3;1H4. The van der Waals surface area contributed by atoms with Gasteiger partial charge in [-0.05, 0) is 37.6 Å². The Kier molecular flexibility index (Phi) is 14.0. The van der Waals surface area contributed by atoms with Crippen LogP contribution in [0.4, 0.5) is 0 Å². The molecule has 0 bridgehead atoms. The van der Waals surface area contributed by atoms with Gasteiger partial charge in [0.1, 0.15) is 5.82 Å². The average molecular weight is 428 g/mol. The van der Waals surface area contributed by atoms with Gasteiger partial charge in [0.15, 0.2) is 0 Å². The van der Waals surface area contributed by atoms with Gasteiger partial charge in [-0.2, -0.15) is 0 Å². The predicted octanol–water partition coefficient (Wildman–Crippen LogP) is 6.39. The number of nitrogen functional groups attached to an aromatic ring is 1. The average Bonchev–Trinajstić information content (AvgIpc) is 3.21. The van der Waals surface area contributed by atoms with E-state index >= 15 is 0 Å². The monoisotopic (exact) mass is 427 g/mol. The Morgan fingerprint density at radius 1 is 1.03 bits per heavy atom. The largest absolute Gasteiger partial charge is 0.337 e. The van der Waals surface area contributed by atoms with Crippen molar-refractivity contribution < 1.29 is 0 Å². The zero-order chi connectivity index (χ0) is 23.5. The first-order chi connectivity index (χ1) is 14.5. The molecule has 0 spiro atoms. The number of aromatic nitrogens is 2. The fraction of sp³-hybridized carbons (Fsp3) is 0.423. The van der Waals surface area contributed by atoms with Gasteiger partial charge in [0.25, 0.3) is 0 Å². The second-order valence-corrected chi connectivity index (χ2v) is 6.53. The van der Waals surface area contributed by atoms with Crippen molar-refractivity contribution in [1.82, 2.24) is 14.6 Å². The van der Waals surface area contributed by atoms with Crippen LogP contribution in [0.25, 0.3) is 11.0 Å². The number of hydrogen-bond acceptors (Lipinski definition) is 4. The first-order valence-corrected chi connectivity index (χ1v) is 10.6. The Morgan fingerprint density at radius 2 is 1.58 bits per heavy atom. The first kappa shape index (κ1) is 30.4. The number of likely N-dealkylation sites (tertiary alicyclic amines) is 1. The molecule has 1 fully saturated rings. The molecule has 1 saturated heterocycles. The molecule has 174 valence electrons. The van der Waals surface area contributed by atoms with Crippen molar-refractivity contribution in [3.8, 4) is 0 Å². The summed E-state index contributed by atoms with van der Waals surface area (Å²) in [5, 5.41) is 0. The molecule has 2 heterocycles. The molecule has 2 aromatic rings. The highest BCUT2D eigenvalue weighted by atomic mass is 15.3. The van der Waals surface area contributed by atoms with Crippen LogP contribution in [0.2, 0.25) is 0 Å². The number of benzene rings is 1. The zero-order valence-corrected chi connectivity index (χ0v) is 19.7. The van der Waals surface area contributed by atoms with Crippen LogP contribution in [0.15, 0.2) is 74.1 Å². The molecule has 5 heteroatoms. The van der Waals surface area contributed by atoms with E-state index in [9.17, 15) is 0 Å². The van der Waals surface area contributed by atoms with Gasteiger partial charge in [0, 0.05) is 16.8 Å². The number of fused-ring (bicyclic) bond motifs is 1. The van der Waals surface area contributed by atoms with Gasteiger partial charge in [-0.15, -0.1) is 13.2 Å². The first-order valence-electron chi connectivity index (χ1n) is 10.6. The Labute approximate surface area is 190 Å². The van der Waals surface area contributed by atoms with E-state index in [4.69, 9.17) is 5.84 Å². The van der Waals surface area contributed by atoms with E-state index in [0.29, 0.717) is 6.54 Å². The molecule has 3 rings (SSSR count). The van der Waals surface area contributed by atoms with Gasteiger partial charge in [0.2, 0.25) is 0 Å². The van der Waals surface area contributed by atoms with Crippen molar-refractivity contribution in [2.24, 2.45) is 11.1 Å². The minimum atomic E-state index is -0.0860. The highest BCUT2D eigenvalue weighted by Gasteiger charge is 2.45. The summed E-state index contributed by atoms with van der Waals surface area (Å²) in [5.41, 5.74) is 9.32. The fourth-order valence-electron chi connectivity index (χ4n) is 3.89. The third kappa shape index (κ3) is 5.67. The van der Waals surface area contributed by atoms with Crippen LogP contribution < -0.4 is 11.6 Å². The van der Waals surface area contributed by atoms with Crippen molar-refractivity contribution in [3.63, 3.8) is 0 Å². The van der Waals surface area contributed by atoms with Crippen LogP contribution in [0, 0.1) is 5.41 Å². The molecule has 31 heavy (non-hydrogen) atoms. The molecular formula is C26H45N5. The van der Waals surface area contributed by atoms with Crippen LogP contribution in [-0.4, -0.2) is 21.6 Å². The minimum Gasteiger partial charge on any atom is -0.337 e. The van der Waals surface area contributed by atoms with Crippen molar-refractivity contribution in [2.75, 3.05) is 12.9 Å². The molecule has 1 aliphatic rings. The number of allylic oxidation sites excluding steroid dienone is 2. The molecule has 0 saturated carbocycles. The predicted molar refractivity (Wildman–Crippen MR) is 140 cm³/mol. The summed E-state index contributed by atoms with van der Waals surface area (Å²) in [4.78, 5) is 6.80. The molecular weight excluding hydrogens is 382 g/mol. The van der Waals surface area contributed by atoms with Crippen LogP contribution >= 0.6 is 0 Å². The maximum absolute atomic E-state index is 6.25. The number of para-hydroxylation sites is 2. The molecule has 1 aromatic carbocycles. The number of nitrogens with two attached hydrogens (primary N) is 2.